The highest BCUT2D eigenvalue weighted by atomic mass is 32.2. The Morgan fingerprint density at radius 1 is 1.45 bits per heavy atom. The van der Waals surface area contributed by atoms with Gasteiger partial charge in [0.1, 0.15) is 0 Å². The van der Waals surface area contributed by atoms with E-state index in [0.29, 0.717) is 30.3 Å². The molecule has 0 aromatic carbocycles. The van der Waals surface area contributed by atoms with Gasteiger partial charge in [0.25, 0.3) is 10.0 Å². The number of aromatic amines is 1. The zero-order valence-corrected chi connectivity index (χ0v) is 13.2. The van der Waals surface area contributed by atoms with E-state index in [9.17, 15) is 8.42 Å². The van der Waals surface area contributed by atoms with Crippen LogP contribution in [0.15, 0.2) is 5.03 Å². The highest BCUT2D eigenvalue weighted by Crippen LogP contribution is 2.27. The van der Waals surface area contributed by atoms with Gasteiger partial charge in [-0.2, -0.15) is 9.40 Å². The number of H-pyrrole nitrogens is 1. The highest BCUT2D eigenvalue weighted by molar-refractivity contribution is 7.89. The second-order valence-electron chi connectivity index (χ2n) is 5.67. The van der Waals surface area contributed by atoms with E-state index in [0.717, 1.165) is 0 Å². The number of nitrogens with one attached hydrogen (secondary N) is 1. The van der Waals surface area contributed by atoms with Crippen molar-refractivity contribution in [2.75, 3.05) is 27.2 Å². The first-order chi connectivity index (χ1) is 9.28. The number of hydrogen-bond acceptors (Lipinski definition) is 5. The molecule has 2 atom stereocenters. The molecule has 114 valence electrons. The molecule has 1 fully saturated rings. The van der Waals surface area contributed by atoms with Crippen LogP contribution in [0.1, 0.15) is 18.2 Å². The molecule has 8 heteroatoms. The molecule has 2 unspecified atom stereocenters. The minimum Gasteiger partial charge on any atom is -0.326 e. The first-order valence-corrected chi connectivity index (χ1v) is 8.13. The van der Waals surface area contributed by atoms with E-state index < -0.39 is 10.0 Å². The van der Waals surface area contributed by atoms with Crippen LogP contribution in [-0.2, 0) is 16.6 Å². The Morgan fingerprint density at radius 3 is 2.60 bits per heavy atom. The van der Waals surface area contributed by atoms with E-state index in [1.54, 1.807) is 6.92 Å². The maximum absolute atomic E-state index is 12.7. The quantitative estimate of drug-likeness (QED) is 0.799. The Hall–Kier alpha value is -0.960. The van der Waals surface area contributed by atoms with Gasteiger partial charge in [-0.05, 0) is 26.9 Å². The maximum atomic E-state index is 12.7. The first kappa shape index (κ1) is 15.4. The van der Waals surface area contributed by atoms with Gasteiger partial charge in [0.2, 0.25) is 0 Å². The molecule has 0 radical (unpaired) electrons. The van der Waals surface area contributed by atoms with E-state index in [4.69, 9.17) is 5.73 Å². The molecule has 1 aromatic rings. The van der Waals surface area contributed by atoms with Crippen molar-refractivity contribution in [1.29, 1.82) is 0 Å². The minimum absolute atomic E-state index is 0.0732. The maximum Gasteiger partial charge on any atom is 0.262 e. The third-order valence-corrected chi connectivity index (χ3v) is 5.83. The topological polar surface area (TPSA) is 95.3 Å². The monoisotopic (exact) mass is 301 g/mol. The molecule has 1 aliphatic rings. The van der Waals surface area contributed by atoms with E-state index >= 15 is 0 Å². The van der Waals surface area contributed by atoms with Crippen molar-refractivity contribution in [1.82, 2.24) is 19.4 Å². The smallest absolute Gasteiger partial charge is 0.262 e. The largest absolute Gasteiger partial charge is 0.326 e. The number of nitrogens with zero attached hydrogens (tertiary/aromatic N) is 3. The number of likely N-dealkylation sites (N-methyl/N-ethyl adjacent to an activating group) is 1. The summed E-state index contributed by atoms with van der Waals surface area (Å²) in [6.07, 6.45) is 0. The zero-order chi connectivity index (χ0) is 15.1. The van der Waals surface area contributed by atoms with Crippen LogP contribution in [0.4, 0.5) is 0 Å². The van der Waals surface area contributed by atoms with Crippen LogP contribution >= 0.6 is 0 Å². The van der Waals surface area contributed by atoms with E-state index in [1.807, 2.05) is 14.1 Å². The summed E-state index contributed by atoms with van der Waals surface area (Å²) < 4.78 is 26.9. The summed E-state index contributed by atoms with van der Waals surface area (Å²) in [5, 5.41) is 6.74. The number of aromatic nitrogens is 2. The van der Waals surface area contributed by atoms with Crippen LogP contribution in [-0.4, -0.2) is 61.0 Å². The SMILES string of the molecule is Cc1[nH]nc(S(=O)(=O)N2CC(C)C(N(C)C)C2)c1CN. The van der Waals surface area contributed by atoms with Crippen LogP contribution in [0.5, 0.6) is 0 Å². The molecule has 2 rings (SSSR count). The second kappa shape index (κ2) is 5.44. The number of hydrogen-bond donors (Lipinski definition) is 2. The third kappa shape index (κ3) is 2.48. The lowest BCUT2D eigenvalue weighted by atomic mass is 10.1. The Kier molecular flexibility index (Phi) is 4.19. The van der Waals surface area contributed by atoms with Gasteiger partial charge in [-0.15, -0.1) is 0 Å². The van der Waals surface area contributed by atoms with Crippen molar-refractivity contribution in [3.63, 3.8) is 0 Å². The zero-order valence-electron chi connectivity index (χ0n) is 12.4. The highest BCUT2D eigenvalue weighted by Gasteiger charge is 2.40. The average Bonchev–Trinajstić information content (AvgIpc) is 2.92. The molecule has 1 saturated heterocycles. The van der Waals surface area contributed by atoms with Crippen LogP contribution in [0.2, 0.25) is 0 Å². The summed E-state index contributed by atoms with van der Waals surface area (Å²) in [7, 11) is 0.371. The number of sulfonamides is 1. The van der Waals surface area contributed by atoms with Gasteiger partial charge in [-0.25, -0.2) is 8.42 Å². The summed E-state index contributed by atoms with van der Waals surface area (Å²) in [5.41, 5.74) is 6.93. The summed E-state index contributed by atoms with van der Waals surface area (Å²) >= 11 is 0. The van der Waals surface area contributed by atoms with E-state index in [-0.39, 0.29) is 17.6 Å². The summed E-state index contributed by atoms with van der Waals surface area (Å²) in [6, 6.07) is 0.228. The Bertz CT molecular complexity index is 581. The van der Waals surface area contributed by atoms with Crippen molar-refractivity contribution in [2.24, 2.45) is 11.7 Å². The fourth-order valence-corrected chi connectivity index (χ4v) is 4.51. The standard InChI is InChI=1S/C12H23N5O2S/c1-8-6-17(7-11(8)16(3)4)20(18,19)12-10(5-13)9(2)14-15-12/h8,11H,5-7,13H2,1-4H3,(H,14,15). The fraction of sp³-hybridized carbons (Fsp3) is 0.750. The third-order valence-electron chi connectivity index (χ3n) is 4.03. The second-order valence-corrected chi connectivity index (χ2v) is 7.52. The Balaban J connectivity index is 2.32. The van der Waals surface area contributed by atoms with E-state index in [1.165, 1.54) is 4.31 Å². The lowest BCUT2D eigenvalue weighted by Gasteiger charge is -2.22. The fourth-order valence-electron chi connectivity index (χ4n) is 2.78. The molecule has 1 aromatic heterocycles. The lowest BCUT2D eigenvalue weighted by molar-refractivity contribution is 0.263. The molecule has 7 nitrogen and oxygen atoms in total. The van der Waals surface area contributed by atoms with Gasteiger partial charge >= 0.3 is 0 Å². The molecule has 0 bridgehead atoms. The van der Waals surface area contributed by atoms with Gasteiger partial charge in [0.15, 0.2) is 5.03 Å². The van der Waals surface area contributed by atoms with Gasteiger partial charge < -0.3 is 10.6 Å². The molecular formula is C12H23N5O2S. The average molecular weight is 301 g/mol. The lowest BCUT2D eigenvalue weighted by Crippen LogP contribution is -2.36. The van der Waals surface area contributed by atoms with Crippen LogP contribution < -0.4 is 5.73 Å². The molecule has 3 N–H and O–H groups in total. The molecule has 20 heavy (non-hydrogen) atoms. The van der Waals surface area contributed by atoms with Crippen LogP contribution in [0.3, 0.4) is 0 Å². The minimum atomic E-state index is -3.58. The molecule has 0 saturated carbocycles. The van der Waals surface area contributed by atoms with Crippen molar-refractivity contribution < 1.29 is 8.42 Å². The predicted molar refractivity (Wildman–Crippen MR) is 76.6 cm³/mol. The van der Waals surface area contributed by atoms with Crippen LogP contribution in [0, 0.1) is 12.8 Å². The Labute approximate surface area is 120 Å². The number of rotatable bonds is 4. The number of aryl methyl sites for hydroxylation is 1. The summed E-state index contributed by atoms with van der Waals surface area (Å²) in [4.78, 5) is 2.07. The molecule has 0 amide bonds. The van der Waals surface area contributed by atoms with Crippen molar-refractivity contribution in [3.05, 3.63) is 11.3 Å². The van der Waals surface area contributed by atoms with Crippen molar-refractivity contribution in [2.45, 2.75) is 31.5 Å². The van der Waals surface area contributed by atoms with Gasteiger partial charge in [-0.3, -0.25) is 5.10 Å². The molecule has 2 heterocycles. The van der Waals surface area contributed by atoms with E-state index in [2.05, 4.69) is 22.0 Å². The number of nitrogens with two attached hydrogens (primary N) is 1. The van der Waals surface area contributed by atoms with Crippen molar-refractivity contribution in [3.8, 4) is 0 Å². The summed E-state index contributed by atoms with van der Waals surface area (Å²) in [5.74, 6) is 0.293. The first-order valence-electron chi connectivity index (χ1n) is 6.69. The Morgan fingerprint density at radius 2 is 2.10 bits per heavy atom. The molecular weight excluding hydrogens is 278 g/mol. The molecule has 1 aliphatic heterocycles. The van der Waals surface area contributed by atoms with Gasteiger partial charge in [0.05, 0.1) is 0 Å². The van der Waals surface area contributed by atoms with Crippen LogP contribution in [0.25, 0.3) is 0 Å². The predicted octanol–water partition coefficient (Wildman–Crippen LogP) is -0.253. The normalized spacial score (nSPS) is 24.7. The molecule has 0 aliphatic carbocycles. The molecule has 0 spiro atoms. The van der Waals surface area contributed by atoms with Gasteiger partial charge in [0, 0.05) is 36.9 Å². The summed E-state index contributed by atoms with van der Waals surface area (Å²) in [6.45, 7) is 5.02. The van der Waals surface area contributed by atoms with Crippen molar-refractivity contribution >= 4 is 10.0 Å². The van der Waals surface area contributed by atoms with Gasteiger partial charge in [-0.1, -0.05) is 6.92 Å².